The van der Waals surface area contributed by atoms with Crippen molar-refractivity contribution in [2.75, 3.05) is 11.9 Å². The maximum atomic E-state index is 13.9. The number of benzene rings is 2. The highest BCUT2D eigenvalue weighted by molar-refractivity contribution is 6.05. The first-order chi connectivity index (χ1) is 12.1. The van der Waals surface area contributed by atoms with Crippen molar-refractivity contribution in [2.24, 2.45) is 0 Å². The Labute approximate surface area is 144 Å². The molecule has 2 aromatic carbocycles. The van der Waals surface area contributed by atoms with Crippen LogP contribution in [0.4, 0.5) is 10.1 Å². The minimum absolute atomic E-state index is 0.00657. The van der Waals surface area contributed by atoms with Crippen LogP contribution in [-0.2, 0) is 4.74 Å². The summed E-state index contributed by atoms with van der Waals surface area (Å²) < 4.78 is 19.6. The Balaban J connectivity index is 1.57. The molecule has 0 unspecified atom stereocenters. The molecule has 0 aliphatic carbocycles. The molecule has 25 heavy (non-hydrogen) atoms. The van der Waals surface area contributed by atoms with Crippen LogP contribution in [0.15, 0.2) is 36.4 Å². The molecule has 1 aliphatic heterocycles. The molecule has 1 saturated heterocycles. The topological polar surface area (TPSA) is 67.0 Å². The molecule has 0 spiro atoms. The molecular weight excluding hydrogens is 321 g/mol. The predicted octanol–water partition coefficient (Wildman–Crippen LogP) is 4.11. The Morgan fingerprint density at radius 2 is 2.20 bits per heavy atom. The molecule has 1 aromatic heterocycles. The third-order valence-corrected chi connectivity index (χ3v) is 4.36. The van der Waals surface area contributed by atoms with Crippen LogP contribution in [0.1, 0.15) is 40.7 Å². The minimum Gasteiger partial charge on any atom is -0.370 e. The van der Waals surface area contributed by atoms with E-state index in [4.69, 9.17) is 4.74 Å². The van der Waals surface area contributed by atoms with Crippen molar-refractivity contribution < 1.29 is 13.9 Å². The van der Waals surface area contributed by atoms with E-state index in [0.29, 0.717) is 5.69 Å². The number of carbonyl (C=O) groups is 1. The van der Waals surface area contributed by atoms with E-state index in [9.17, 15) is 9.18 Å². The number of H-pyrrole nitrogens is 1. The number of amides is 1. The van der Waals surface area contributed by atoms with Gasteiger partial charge in [0.25, 0.3) is 5.91 Å². The molecule has 1 amide bonds. The van der Waals surface area contributed by atoms with Crippen LogP contribution >= 0.6 is 0 Å². The van der Waals surface area contributed by atoms with Crippen molar-refractivity contribution >= 4 is 22.6 Å². The van der Waals surface area contributed by atoms with Crippen LogP contribution in [0, 0.1) is 12.7 Å². The van der Waals surface area contributed by atoms with Gasteiger partial charge < -0.3 is 15.0 Å². The number of fused-ring (bicyclic) bond motifs is 1. The second-order valence-corrected chi connectivity index (χ2v) is 6.29. The van der Waals surface area contributed by atoms with Crippen molar-refractivity contribution in [1.82, 2.24) is 9.97 Å². The van der Waals surface area contributed by atoms with Crippen molar-refractivity contribution in [3.8, 4) is 0 Å². The number of nitrogens with zero attached hydrogens (tertiary/aromatic N) is 1. The van der Waals surface area contributed by atoms with E-state index in [2.05, 4.69) is 15.3 Å². The van der Waals surface area contributed by atoms with Crippen molar-refractivity contribution in [3.05, 3.63) is 59.2 Å². The summed E-state index contributed by atoms with van der Waals surface area (Å²) >= 11 is 0. The smallest absolute Gasteiger partial charge is 0.258 e. The summed E-state index contributed by atoms with van der Waals surface area (Å²) in [7, 11) is 0. The zero-order chi connectivity index (χ0) is 17.4. The highest BCUT2D eigenvalue weighted by Crippen LogP contribution is 2.28. The largest absolute Gasteiger partial charge is 0.370 e. The maximum Gasteiger partial charge on any atom is 0.258 e. The number of nitrogens with one attached hydrogen (secondary N) is 2. The number of aromatic amines is 1. The molecule has 2 heterocycles. The Morgan fingerprint density at radius 1 is 1.32 bits per heavy atom. The van der Waals surface area contributed by atoms with Crippen molar-refractivity contribution in [3.63, 3.8) is 0 Å². The number of carbonyl (C=O) groups excluding carboxylic acids is 1. The average Bonchev–Trinajstić information content (AvgIpc) is 3.23. The number of ether oxygens (including phenoxy) is 1. The predicted molar refractivity (Wildman–Crippen MR) is 93.1 cm³/mol. The van der Waals surface area contributed by atoms with E-state index in [1.807, 2.05) is 6.07 Å². The number of anilines is 1. The van der Waals surface area contributed by atoms with Gasteiger partial charge in [0.1, 0.15) is 17.7 Å². The Kier molecular flexibility index (Phi) is 3.97. The van der Waals surface area contributed by atoms with Gasteiger partial charge in [0.05, 0.1) is 16.6 Å². The van der Waals surface area contributed by atoms with Crippen molar-refractivity contribution in [1.29, 1.82) is 0 Å². The van der Waals surface area contributed by atoms with E-state index in [-0.39, 0.29) is 11.7 Å². The number of hydrogen-bond acceptors (Lipinski definition) is 3. The second-order valence-electron chi connectivity index (χ2n) is 6.29. The normalized spacial score (nSPS) is 17.1. The van der Waals surface area contributed by atoms with Crippen LogP contribution < -0.4 is 5.32 Å². The van der Waals surface area contributed by atoms with Crippen LogP contribution in [-0.4, -0.2) is 22.5 Å². The van der Waals surface area contributed by atoms with Gasteiger partial charge in [-0.3, -0.25) is 4.79 Å². The first-order valence-electron chi connectivity index (χ1n) is 8.29. The molecule has 1 atom stereocenters. The van der Waals surface area contributed by atoms with Gasteiger partial charge in [0.15, 0.2) is 0 Å². The highest BCUT2D eigenvalue weighted by atomic mass is 19.1. The van der Waals surface area contributed by atoms with Crippen LogP contribution in [0.25, 0.3) is 11.0 Å². The van der Waals surface area contributed by atoms with Gasteiger partial charge in [-0.15, -0.1) is 0 Å². The number of hydrogen-bond donors (Lipinski definition) is 2. The van der Waals surface area contributed by atoms with E-state index >= 15 is 0 Å². The zero-order valence-electron chi connectivity index (χ0n) is 13.8. The van der Waals surface area contributed by atoms with Gasteiger partial charge in [0.2, 0.25) is 0 Å². The summed E-state index contributed by atoms with van der Waals surface area (Å²) in [5, 5.41) is 2.73. The van der Waals surface area contributed by atoms with Gasteiger partial charge >= 0.3 is 0 Å². The van der Waals surface area contributed by atoms with Crippen LogP contribution in [0.5, 0.6) is 0 Å². The maximum absolute atomic E-state index is 13.9. The van der Waals surface area contributed by atoms with E-state index in [1.165, 1.54) is 12.1 Å². The minimum atomic E-state index is -0.527. The molecule has 2 N–H and O–H groups in total. The Hall–Kier alpha value is -2.73. The molecule has 4 rings (SSSR count). The lowest BCUT2D eigenvalue weighted by atomic mass is 10.1. The summed E-state index contributed by atoms with van der Waals surface area (Å²) in [5.41, 5.74) is 3.00. The van der Waals surface area contributed by atoms with Gasteiger partial charge in [0, 0.05) is 12.3 Å². The number of rotatable bonds is 3. The third-order valence-electron chi connectivity index (χ3n) is 4.36. The SMILES string of the molecule is Cc1ccc(C(=O)Nc2ccc3nc([C@@H]4CCCO4)[nH]c3c2)c(F)c1. The average molecular weight is 339 g/mol. The lowest BCUT2D eigenvalue weighted by molar-refractivity contribution is 0.102. The third kappa shape index (κ3) is 3.13. The fourth-order valence-electron chi connectivity index (χ4n) is 3.06. The van der Waals surface area contributed by atoms with E-state index in [1.54, 1.807) is 25.1 Å². The molecule has 0 saturated carbocycles. The summed E-state index contributed by atoms with van der Waals surface area (Å²) in [6, 6.07) is 9.93. The Morgan fingerprint density at radius 3 is 2.96 bits per heavy atom. The molecule has 6 heteroatoms. The molecule has 3 aromatic rings. The van der Waals surface area contributed by atoms with Gasteiger partial charge in [-0.25, -0.2) is 9.37 Å². The first-order valence-corrected chi connectivity index (χ1v) is 8.29. The highest BCUT2D eigenvalue weighted by Gasteiger charge is 2.21. The lowest BCUT2D eigenvalue weighted by Crippen LogP contribution is -2.13. The number of aryl methyl sites for hydroxylation is 1. The number of halogens is 1. The number of imidazole rings is 1. The zero-order valence-corrected chi connectivity index (χ0v) is 13.8. The molecule has 0 bridgehead atoms. The molecule has 0 radical (unpaired) electrons. The summed E-state index contributed by atoms with van der Waals surface area (Å²) in [5.74, 6) is -0.197. The fourth-order valence-corrected chi connectivity index (χ4v) is 3.06. The monoisotopic (exact) mass is 339 g/mol. The quantitative estimate of drug-likeness (QED) is 0.754. The first kappa shape index (κ1) is 15.8. The molecule has 1 aliphatic rings. The molecule has 128 valence electrons. The summed E-state index contributed by atoms with van der Waals surface area (Å²) in [6.07, 6.45) is 1.99. The van der Waals surface area contributed by atoms with Gasteiger partial charge in [-0.05, 0) is 55.7 Å². The van der Waals surface area contributed by atoms with Gasteiger partial charge in [-0.2, -0.15) is 0 Å². The lowest BCUT2D eigenvalue weighted by Gasteiger charge is -2.06. The standard InChI is InChI=1S/C19H18FN3O2/c1-11-4-6-13(14(20)9-11)19(24)21-12-5-7-15-16(10-12)23-18(22-15)17-3-2-8-25-17/h4-7,9-10,17H,2-3,8H2,1H3,(H,21,24)(H,22,23)/t17-/m0/s1. The van der Waals surface area contributed by atoms with E-state index < -0.39 is 11.7 Å². The molecule has 1 fully saturated rings. The fraction of sp³-hybridized carbons (Fsp3) is 0.263. The Bertz CT molecular complexity index is 945. The van der Waals surface area contributed by atoms with Crippen molar-refractivity contribution in [2.45, 2.75) is 25.9 Å². The molecular formula is C19H18FN3O2. The summed E-state index contributed by atoms with van der Waals surface area (Å²) in [4.78, 5) is 20.1. The number of aromatic nitrogens is 2. The van der Waals surface area contributed by atoms with E-state index in [0.717, 1.165) is 41.9 Å². The molecule has 5 nitrogen and oxygen atoms in total. The van der Waals surface area contributed by atoms with Crippen LogP contribution in [0.2, 0.25) is 0 Å². The van der Waals surface area contributed by atoms with Crippen LogP contribution in [0.3, 0.4) is 0 Å². The van der Waals surface area contributed by atoms with Gasteiger partial charge in [-0.1, -0.05) is 6.07 Å². The summed E-state index contributed by atoms with van der Waals surface area (Å²) in [6.45, 7) is 2.54. The second kappa shape index (κ2) is 6.29.